The Hall–Kier alpha value is 0.775. The predicted octanol–water partition coefficient (Wildman–Crippen LogP) is 1.97. The standard InChI is InChI=1S/C7H6O3S.C2H5.Hg.Na.H/c8-6-4(7(9)10)2-1-3-5(6)11;1-2;;;/h1-3,8,11H,(H,9,10);1H2,2H3;;;/q;;+1;;/p-1. The number of aromatic hydroxyl groups is 1. The molecule has 0 aliphatic heterocycles. The monoisotopic (exact) mass is 424 g/mol. The van der Waals surface area contributed by atoms with E-state index in [0.29, 0.717) is 0 Å². The van der Waals surface area contributed by atoms with Crippen LogP contribution in [0.25, 0.3) is 0 Å². The van der Waals surface area contributed by atoms with Crippen LogP contribution in [0.5, 0.6) is 5.75 Å². The Labute approximate surface area is 125 Å². The Bertz CT molecular complexity index is 346. The molecule has 0 aliphatic carbocycles. The minimum absolute atomic E-state index is 0. The fraction of sp³-hybridized carbons (Fsp3) is 0.222. The van der Waals surface area contributed by atoms with Crippen LogP contribution in [0.15, 0.2) is 23.1 Å². The molecular weight excluding hydrogens is 412 g/mol. The van der Waals surface area contributed by atoms with Gasteiger partial charge in [-0.1, -0.05) is 0 Å². The van der Waals surface area contributed by atoms with Gasteiger partial charge < -0.3 is 0 Å². The maximum atomic E-state index is 10.7. The molecule has 0 spiro atoms. The molecule has 0 saturated carbocycles. The molecular formula is C9H11HgNaO3S. The second kappa shape index (κ2) is 7.95. The summed E-state index contributed by atoms with van der Waals surface area (Å²) in [6, 6.07) is 4.88. The molecule has 0 bridgehead atoms. The number of hydrogen-bond acceptors (Lipinski definition) is 3. The van der Waals surface area contributed by atoms with Crippen LogP contribution >= 0.6 is 8.24 Å². The number of phenols is 1. The molecule has 0 aromatic heterocycles. The fourth-order valence-electron chi connectivity index (χ4n) is 1.02. The second-order valence-electron chi connectivity index (χ2n) is 2.81. The molecule has 0 amide bonds. The predicted molar refractivity (Wildman–Crippen MR) is 58.6 cm³/mol. The number of rotatable bonds is 4. The van der Waals surface area contributed by atoms with Crippen LogP contribution in [0.3, 0.4) is 0 Å². The second-order valence-corrected chi connectivity index (χ2v) is 16.0. The van der Waals surface area contributed by atoms with E-state index in [-0.39, 0.29) is 40.9 Å². The van der Waals surface area contributed by atoms with Gasteiger partial charge in [0.2, 0.25) is 0 Å². The molecule has 1 aromatic carbocycles. The van der Waals surface area contributed by atoms with E-state index in [0.717, 1.165) is 4.90 Å². The molecule has 0 fully saturated rings. The van der Waals surface area contributed by atoms with E-state index in [1.165, 1.54) is 10.00 Å². The van der Waals surface area contributed by atoms with Gasteiger partial charge in [0.1, 0.15) is 0 Å². The van der Waals surface area contributed by atoms with Crippen molar-refractivity contribution >= 4 is 43.8 Å². The van der Waals surface area contributed by atoms with Crippen molar-refractivity contribution in [2.75, 3.05) is 0 Å². The van der Waals surface area contributed by atoms with Crippen LogP contribution in [0.1, 0.15) is 17.3 Å². The topological polar surface area (TPSA) is 57.5 Å². The van der Waals surface area contributed by atoms with Crippen molar-refractivity contribution in [1.29, 1.82) is 0 Å². The van der Waals surface area contributed by atoms with E-state index in [1.807, 2.05) is 0 Å². The number of carboxylic acid groups (broad SMARTS) is 1. The first-order chi connectivity index (χ1) is 6.66. The van der Waals surface area contributed by atoms with Crippen LogP contribution in [-0.2, 0) is 23.1 Å². The number of hydrogen-bond donors (Lipinski definition) is 2. The van der Waals surface area contributed by atoms with Gasteiger partial charge in [-0.05, 0) is 0 Å². The summed E-state index contributed by atoms with van der Waals surface area (Å²) in [5.74, 6) is -1.14. The molecule has 6 heteroatoms. The molecule has 2 N–H and O–H groups in total. The van der Waals surface area contributed by atoms with Crippen LogP contribution in [0.4, 0.5) is 0 Å². The van der Waals surface area contributed by atoms with Crippen LogP contribution in [0, 0.1) is 0 Å². The molecule has 74 valence electrons. The summed E-state index contributed by atoms with van der Waals surface area (Å²) in [4.78, 5) is 11.4. The maximum absolute atomic E-state index is 10.7. The Balaban J connectivity index is 0.00000196. The minimum atomic E-state index is -1.07. The van der Waals surface area contributed by atoms with Crippen LogP contribution < -0.4 is 0 Å². The van der Waals surface area contributed by atoms with Crippen molar-refractivity contribution in [2.45, 2.75) is 15.7 Å². The number of carboxylic acids is 1. The number of para-hydroxylation sites is 1. The van der Waals surface area contributed by atoms with Gasteiger partial charge in [-0.15, -0.1) is 0 Å². The van der Waals surface area contributed by atoms with Crippen molar-refractivity contribution in [3.63, 3.8) is 0 Å². The van der Waals surface area contributed by atoms with E-state index >= 15 is 0 Å². The Morgan fingerprint density at radius 3 is 2.73 bits per heavy atom. The summed E-state index contributed by atoms with van der Waals surface area (Å²) in [6.45, 7) is 2.13. The number of aromatic carboxylic acids is 1. The van der Waals surface area contributed by atoms with Gasteiger partial charge in [-0.2, -0.15) is 0 Å². The van der Waals surface area contributed by atoms with E-state index in [9.17, 15) is 9.90 Å². The first-order valence-electron chi connectivity index (χ1n) is 4.35. The summed E-state index contributed by atoms with van der Waals surface area (Å²) >= 11 is -0.963. The zero-order valence-corrected chi connectivity index (χ0v) is 14.2. The molecule has 0 atom stereocenters. The SMILES string of the molecule is C[CH2][Hg][S]c1cccc(C(=O)O)c1O.[NaH]. The van der Waals surface area contributed by atoms with E-state index in [2.05, 4.69) is 6.92 Å². The van der Waals surface area contributed by atoms with Gasteiger partial charge in [0.25, 0.3) is 0 Å². The molecule has 0 radical (unpaired) electrons. The average Bonchev–Trinajstić information content (AvgIpc) is 2.16. The van der Waals surface area contributed by atoms with Crippen molar-refractivity contribution in [3.05, 3.63) is 23.8 Å². The van der Waals surface area contributed by atoms with Gasteiger partial charge in [0.15, 0.2) is 0 Å². The van der Waals surface area contributed by atoms with Gasteiger partial charge in [0, 0.05) is 0 Å². The molecule has 1 rings (SSSR count). The molecule has 3 nitrogen and oxygen atoms in total. The van der Waals surface area contributed by atoms with Crippen molar-refractivity contribution in [1.82, 2.24) is 0 Å². The first kappa shape index (κ1) is 15.8. The van der Waals surface area contributed by atoms with Crippen LogP contribution in [0.2, 0.25) is 3.93 Å². The molecule has 15 heavy (non-hydrogen) atoms. The van der Waals surface area contributed by atoms with Gasteiger partial charge in [-0.3, -0.25) is 0 Å². The summed E-state index contributed by atoms with van der Waals surface area (Å²) in [5, 5.41) is 18.4. The zero-order chi connectivity index (χ0) is 10.6. The van der Waals surface area contributed by atoms with Gasteiger partial charge >= 0.3 is 127 Å². The number of carbonyl (C=O) groups is 1. The molecule has 0 aliphatic rings. The Morgan fingerprint density at radius 2 is 2.20 bits per heavy atom. The quantitative estimate of drug-likeness (QED) is 0.728. The molecule has 0 unspecified atom stereocenters. The molecule has 1 aromatic rings. The summed E-state index contributed by atoms with van der Waals surface area (Å²) in [6.07, 6.45) is 0. The first-order valence-corrected chi connectivity index (χ1v) is 16.0. The van der Waals surface area contributed by atoms with Crippen molar-refractivity contribution in [2.24, 2.45) is 0 Å². The van der Waals surface area contributed by atoms with E-state index in [4.69, 9.17) is 5.11 Å². The van der Waals surface area contributed by atoms with Crippen LogP contribution in [-0.4, -0.2) is 45.7 Å². The summed E-state index contributed by atoms with van der Waals surface area (Å²) < 4.78 is 1.21. The molecule has 0 heterocycles. The normalized spacial score (nSPS) is 8.87. The third kappa shape index (κ3) is 4.65. The van der Waals surface area contributed by atoms with Gasteiger partial charge in [0.05, 0.1) is 0 Å². The van der Waals surface area contributed by atoms with Gasteiger partial charge in [-0.25, -0.2) is 0 Å². The molecule has 0 saturated heterocycles. The fourth-order valence-corrected chi connectivity index (χ4v) is 9.53. The Morgan fingerprint density at radius 1 is 1.53 bits per heavy atom. The zero-order valence-electron chi connectivity index (χ0n) is 7.86. The third-order valence-corrected chi connectivity index (χ3v) is 13.7. The average molecular weight is 423 g/mol. The summed E-state index contributed by atoms with van der Waals surface area (Å²) in [5.41, 5.74) is -0.000460. The summed E-state index contributed by atoms with van der Waals surface area (Å²) in [7, 11) is 1.69. The number of benzene rings is 1. The Kier molecular flexibility index (Phi) is 8.36. The van der Waals surface area contributed by atoms with E-state index < -0.39 is 29.0 Å². The van der Waals surface area contributed by atoms with Crippen molar-refractivity contribution in [3.8, 4) is 5.75 Å². The van der Waals surface area contributed by atoms with E-state index in [1.54, 1.807) is 20.4 Å². The van der Waals surface area contributed by atoms with Crippen molar-refractivity contribution < 1.29 is 38.1 Å². The third-order valence-electron chi connectivity index (χ3n) is 1.69.